The Hall–Kier alpha value is -1.13. The van der Waals surface area contributed by atoms with Gasteiger partial charge in [0.15, 0.2) is 0 Å². The fourth-order valence-electron chi connectivity index (χ4n) is 3.29. The lowest BCUT2D eigenvalue weighted by Gasteiger charge is -2.30. The van der Waals surface area contributed by atoms with Gasteiger partial charge in [-0.2, -0.15) is 0 Å². The van der Waals surface area contributed by atoms with Crippen LogP contribution in [0, 0.1) is 0 Å². The zero-order valence-corrected chi connectivity index (χ0v) is 10.9. The molecule has 17 heavy (non-hydrogen) atoms. The molecule has 1 aliphatic heterocycles. The van der Waals surface area contributed by atoms with Gasteiger partial charge in [0.2, 0.25) is 0 Å². The zero-order chi connectivity index (χ0) is 11.4. The third kappa shape index (κ3) is 1.28. The molecule has 0 spiro atoms. The van der Waals surface area contributed by atoms with E-state index in [9.17, 15) is 0 Å². The fourth-order valence-corrected chi connectivity index (χ4v) is 5.12. The van der Waals surface area contributed by atoms with E-state index in [1.165, 1.54) is 23.7 Å². The van der Waals surface area contributed by atoms with Crippen molar-refractivity contribution in [2.24, 2.45) is 0 Å². The van der Waals surface area contributed by atoms with E-state index in [4.69, 9.17) is 0 Å². The van der Waals surface area contributed by atoms with Gasteiger partial charge in [0, 0.05) is 5.92 Å². The van der Waals surface area contributed by atoms with Crippen molar-refractivity contribution < 1.29 is 0 Å². The predicted octanol–water partition coefficient (Wildman–Crippen LogP) is 4.51. The molecule has 4 rings (SSSR count). The second-order valence-corrected chi connectivity index (χ2v) is 7.31. The topological polar surface area (TPSA) is 0 Å². The van der Waals surface area contributed by atoms with Crippen LogP contribution in [-0.4, -0.2) is 12.8 Å². The van der Waals surface area contributed by atoms with E-state index in [-0.39, 0.29) is 7.92 Å². The molecule has 0 saturated carbocycles. The maximum Gasteiger partial charge on any atom is 0.0246 e. The fraction of sp³-hybridized carbons (Fsp3) is 0.250. The Labute approximate surface area is 103 Å². The number of benzene rings is 1. The first kappa shape index (κ1) is 9.85. The summed E-state index contributed by atoms with van der Waals surface area (Å²) in [4.78, 5) is 0. The van der Waals surface area contributed by atoms with Crippen LogP contribution in [-0.2, 0) is 0 Å². The second kappa shape index (κ2) is 3.43. The summed E-state index contributed by atoms with van der Waals surface area (Å²) in [5.74, 6) is 0.568. The van der Waals surface area contributed by atoms with E-state index in [2.05, 4.69) is 49.2 Å². The molecule has 0 N–H and O–H groups in total. The van der Waals surface area contributed by atoms with E-state index >= 15 is 0 Å². The summed E-state index contributed by atoms with van der Waals surface area (Å²) in [7, 11) is 0.213. The summed E-state index contributed by atoms with van der Waals surface area (Å²) in [6.07, 6.45) is 9.72. The van der Waals surface area contributed by atoms with Crippen LogP contribution in [0.4, 0.5) is 0 Å². The lowest BCUT2D eigenvalue weighted by atomic mass is 9.90. The monoisotopic (exact) mass is 238 g/mol. The van der Waals surface area contributed by atoms with E-state index in [0.29, 0.717) is 5.92 Å². The molecule has 2 unspecified atom stereocenters. The Morgan fingerprint density at radius 2 is 2.12 bits per heavy atom. The standard InChI is InChI=1S/C16H15P/c1-17-10-15-14(8-9-16(15)17)13-7-6-11-4-2-3-5-12(11)13/h2-7,9,13H,8,10H2,1H3. The van der Waals surface area contributed by atoms with Crippen LogP contribution >= 0.6 is 7.92 Å². The summed E-state index contributed by atoms with van der Waals surface area (Å²) < 4.78 is 0. The molecule has 1 heterocycles. The largest absolute Gasteiger partial charge is 0.0740 e. The summed E-state index contributed by atoms with van der Waals surface area (Å²) >= 11 is 0. The maximum atomic E-state index is 2.48. The molecule has 1 heteroatoms. The highest BCUT2D eigenvalue weighted by atomic mass is 31.1. The first-order valence-electron chi connectivity index (χ1n) is 6.25. The molecule has 2 aliphatic carbocycles. The summed E-state index contributed by atoms with van der Waals surface area (Å²) in [5, 5.41) is 1.70. The van der Waals surface area contributed by atoms with Crippen LogP contribution in [0.25, 0.3) is 6.08 Å². The van der Waals surface area contributed by atoms with E-state index in [0.717, 1.165) is 0 Å². The minimum absolute atomic E-state index is 0.213. The van der Waals surface area contributed by atoms with Crippen molar-refractivity contribution in [2.75, 3.05) is 12.8 Å². The normalized spacial score (nSPS) is 28.9. The molecule has 2 atom stereocenters. The summed E-state index contributed by atoms with van der Waals surface area (Å²) in [6, 6.07) is 8.82. The molecule has 0 aromatic heterocycles. The molecular formula is C16H15P. The SMILES string of the molecule is CP1CC2=C(C3C=Cc4ccccc43)CC=C21. The molecule has 3 aliphatic rings. The molecular weight excluding hydrogens is 223 g/mol. The van der Waals surface area contributed by atoms with Gasteiger partial charge in [-0.05, 0) is 41.3 Å². The van der Waals surface area contributed by atoms with Gasteiger partial charge in [-0.15, -0.1) is 0 Å². The van der Waals surface area contributed by atoms with Crippen molar-refractivity contribution in [1.29, 1.82) is 0 Å². The summed E-state index contributed by atoms with van der Waals surface area (Å²) in [5.41, 5.74) is 6.31. The Bertz CT molecular complexity index is 589. The van der Waals surface area contributed by atoms with Gasteiger partial charge in [-0.1, -0.05) is 56.0 Å². The zero-order valence-electron chi connectivity index (χ0n) is 9.98. The van der Waals surface area contributed by atoms with Crippen LogP contribution in [0.3, 0.4) is 0 Å². The van der Waals surface area contributed by atoms with Gasteiger partial charge in [-0.3, -0.25) is 0 Å². The predicted molar refractivity (Wildman–Crippen MR) is 75.7 cm³/mol. The van der Waals surface area contributed by atoms with Crippen LogP contribution in [0.2, 0.25) is 0 Å². The van der Waals surface area contributed by atoms with Gasteiger partial charge in [0.1, 0.15) is 0 Å². The van der Waals surface area contributed by atoms with Crippen molar-refractivity contribution in [1.82, 2.24) is 0 Å². The molecule has 1 aromatic rings. The van der Waals surface area contributed by atoms with Crippen LogP contribution in [0.5, 0.6) is 0 Å². The molecule has 1 saturated heterocycles. The molecule has 0 nitrogen and oxygen atoms in total. The van der Waals surface area contributed by atoms with Crippen molar-refractivity contribution in [2.45, 2.75) is 12.3 Å². The first-order valence-corrected chi connectivity index (χ1v) is 8.23. The van der Waals surface area contributed by atoms with Crippen LogP contribution < -0.4 is 0 Å². The van der Waals surface area contributed by atoms with Crippen LogP contribution in [0.15, 0.2) is 52.9 Å². The second-order valence-electron chi connectivity index (χ2n) is 5.12. The number of rotatable bonds is 1. The Morgan fingerprint density at radius 1 is 1.24 bits per heavy atom. The lowest BCUT2D eigenvalue weighted by molar-refractivity contribution is 0.959. The Morgan fingerprint density at radius 3 is 2.94 bits per heavy atom. The van der Waals surface area contributed by atoms with E-state index in [1.54, 1.807) is 16.5 Å². The Kier molecular flexibility index (Phi) is 1.99. The first-order chi connectivity index (χ1) is 8.34. The highest BCUT2D eigenvalue weighted by Gasteiger charge is 2.35. The highest BCUT2D eigenvalue weighted by molar-refractivity contribution is 7.64. The molecule has 1 fully saturated rings. The lowest BCUT2D eigenvalue weighted by Crippen LogP contribution is -2.08. The van der Waals surface area contributed by atoms with Gasteiger partial charge in [0.25, 0.3) is 0 Å². The smallest absolute Gasteiger partial charge is 0.0246 e. The molecule has 1 aromatic carbocycles. The van der Waals surface area contributed by atoms with E-state index < -0.39 is 0 Å². The minimum Gasteiger partial charge on any atom is -0.0740 e. The maximum absolute atomic E-state index is 2.48. The Balaban J connectivity index is 1.76. The minimum atomic E-state index is 0.213. The van der Waals surface area contributed by atoms with Crippen molar-refractivity contribution in [3.8, 4) is 0 Å². The van der Waals surface area contributed by atoms with E-state index in [1.807, 2.05) is 0 Å². The molecule has 0 bridgehead atoms. The highest BCUT2D eigenvalue weighted by Crippen LogP contribution is 2.63. The van der Waals surface area contributed by atoms with Gasteiger partial charge >= 0.3 is 0 Å². The third-order valence-electron chi connectivity index (χ3n) is 4.19. The number of fused-ring (bicyclic) bond motifs is 2. The molecule has 0 radical (unpaired) electrons. The quantitative estimate of drug-likeness (QED) is 0.631. The number of allylic oxidation sites excluding steroid dienone is 5. The third-order valence-corrected chi connectivity index (χ3v) is 6.26. The average Bonchev–Trinajstić information content (AvgIpc) is 2.89. The van der Waals surface area contributed by atoms with Gasteiger partial charge in [-0.25, -0.2) is 0 Å². The van der Waals surface area contributed by atoms with Crippen molar-refractivity contribution in [3.05, 3.63) is 64.0 Å². The van der Waals surface area contributed by atoms with Gasteiger partial charge in [0.05, 0.1) is 0 Å². The molecule has 84 valence electrons. The van der Waals surface area contributed by atoms with Crippen molar-refractivity contribution >= 4 is 14.0 Å². The van der Waals surface area contributed by atoms with Crippen molar-refractivity contribution in [3.63, 3.8) is 0 Å². The van der Waals surface area contributed by atoms with Gasteiger partial charge < -0.3 is 0 Å². The summed E-state index contributed by atoms with van der Waals surface area (Å²) in [6.45, 7) is 2.41. The number of hydrogen-bond donors (Lipinski definition) is 0. The van der Waals surface area contributed by atoms with Crippen LogP contribution in [0.1, 0.15) is 23.5 Å². The average molecular weight is 238 g/mol. The molecule has 0 amide bonds. The number of hydrogen-bond acceptors (Lipinski definition) is 0.